The normalized spacial score (nSPS) is 17.9. The molecule has 1 aliphatic carbocycles. The monoisotopic (exact) mass is 199 g/mol. The van der Waals surface area contributed by atoms with Crippen LogP contribution in [0.2, 0.25) is 0 Å². The second kappa shape index (κ2) is 3.28. The molecule has 3 heteroatoms. The second-order valence-electron chi connectivity index (χ2n) is 4.13. The van der Waals surface area contributed by atoms with Gasteiger partial charge in [0.1, 0.15) is 0 Å². The molecule has 1 fully saturated rings. The van der Waals surface area contributed by atoms with E-state index in [1.54, 1.807) is 12.4 Å². The first-order chi connectivity index (χ1) is 7.36. The van der Waals surface area contributed by atoms with Crippen molar-refractivity contribution in [2.45, 2.75) is 18.9 Å². The Morgan fingerprint density at radius 3 is 2.80 bits per heavy atom. The molecular weight excluding hydrogens is 186 g/mol. The fraction of sp³-hybridized carbons (Fsp3) is 0.333. The molecule has 0 radical (unpaired) electrons. The molecule has 1 aromatic carbocycles. The summed E-state index contributed by atoms with van der Waals surface area (Å²) in [5, 5.41) is 0. The largest absolute Gasteiger partial charge is 0.324 e. The van der Waals surface area contributed by atoms with Crippen molar-refractivity contribution in [1.29, 1.82) is 0 Å². The number of para-hydroxylation sites is 1. The fourth-order valence-corrected chi connectivity index (χ4v) is 1.99. The summed E-state index contributed by atoms with van der Waals surface area (Å²) in [6, 6.07) is 6.19. The molecule has 0 unspecified atom stereocenters. The number of hydrogen-bond acceptors (Lipinski definition) is 3. The van der Waals surface area contributed by atoms with Crippen LogP contribution in [0.3, 0.4) is 0 Å². The van der Waals surface area contributed by atoms with E-state index in [-0.39, 0.29) is 6.04 Å². The third kappa shape index (κ3) is 1.49. The lowest BCUT2D eigenvalue weighted by molar-refractivity contribution is 0.637. The molecule has 2 aromatic rings. The van der Waals surface area contributed by atoms with Crippen molar-refractivity contribution in [3.05, 3.63) is 36.2 Å². The van der Waals surface area contributed by atoms with Crippen molar-refractivity contribution >= 4 is 11.0 Å². The van der Waals surface area contributed by atoms with E-state index in [1.165, 1.54) is 12.8 Å². The number of rotatable bonds is 2. The van der Waals surface area contributed by atoms with Gasteiger partial charge in [0, 0.05) is 18.4 Å². The molecule has 0 spiro atoms. The van der Waals surface area contributed by atoms with Crippen molar-refractivity contribution < 1.29 is 0 Å². The van der Waals surface area contributed by atoms with E-state index < -0.39 is 0 Å². The topological polar surface area (TPSA) is 51.8 Å². The molecule has 0 amide bonds. The maximum absolute atomic E-state index is 6.20. The first-order valence-corrected chi connectivity index (χ1v) is 5.31. The smallest absolute Gasteiger partial charge is 0.0934 e. The minimum Gasteiger partial charge on any atom is -0.324 e. The molecule has 2 N–H and O–H groups in total. The summed E-state index contributed by atoms with van der Waals surface area (Å²) in [5.41, 5.74) is 9.23. The molecule has 0 bridgehead atoms. The molecule has 15 heavy (non-hydrogen) atoms. The Labute approximate surface area is 88.3 Å². The van der Waals surface area contributed by atoms with E-state index in [0.717, 1.165) is 16.6 Å². The molecular formula is C12H13N3. The van der Waals surface area contributed by atoms with Gasteiger partial charge in [-0.05, 0) is 30.4 Å². The Balaban J connectivity index is 2.16. The van der Waals surface area contributed by atoms with Crippen LogP contribution in [-0.2, 0) is 0 Å². The zero-order valence-electron chi connectivity index (χ0n) is 8.43. The first kappa shape index (κ1) is 8.80. The number of hydrogen-bond donors (Lipinski definition) is 1. The summed E-state index contributed by atoms with van der Waals surface area (Å²) >= 11 is 0. The fourth-order valence-electron chi connectivity index (χ4n) is 1.99. The van der Waals surface area contributed by atoms with Gasteiger partial charge in [-0.15, -0.1) is 0 Å². The molecule has 0 saturated heterocycles. The van der Waals surface area contributed by atoms with Gasteiger partial charge in [0.15, 0.2) is 0 Å². The molecule has 1 saturated carbocycles. The average Bonchev–Trinajstić information content (AvgIpc) is 3.11. The van der Waals surface area contributed by atoms with Gasteiger partial charge in [0.25, 0.3) is 0 Å². The van der Waals surface area contributed by atoms with Gasteiger partial charge in [0.05, 0.1) is 11.0 Å². The third-order valence-electron chi connectivity index (χ3n) is 3.02. The summed E-state index contributed by atoms with van der Waals surface area (Å²) in [6.45, 7) is 0. The van der Waals surface area contributed by atoms with Crippen molar-refractivity contribution in [2.24, 2.45) is 11.7 Å². The molecule has 1 atom stereocenters. The number of benzene rings is 1. The van der Waals surface area contributed by atoms with E-state index in [1.807, 2.05) is 12.1 Å². The van der Waals surface area contributed by atoms with Gasteiger partial charge in [-0.25, -0.2) is 0 Å². The predicted molar refractivity (Wildman–Crippen MR) is 59.2 cm³/mol. The van der Waals surface area contributed by atoms with Gasteiger partial charge in [-0.1, -0.05) is 12.1 Å². The summed E-state index contributed by atoms with van der Waals surface area (Å²) in [6.07, 6.45) is 5.94. The average molecular weight is 199 g/mol. The molecule has 1 heterocycles. The van der Waals surface area contributed by atoms with E-state index in [0.29, 0.717) is 5.92 Å². The van der Waals surface area contributed by atoms with Gasteiger partial charge >= 0.3 is 0 Å². The zero-order valence-corrected chi connectivity index (χ0v) is 8.43. The number of nitrogens with zero attached hydrogens (tertiary/aromatic N) is 2. The lowest BCUT2D eigenvalue weighted by atomic mass is 10.0. The van der Waals surface area contributed by atoms with E-state index in [4.69, 9.17) is 5.73 Å². The minimum atomic E-state index is 0.130. The van der Waals surface area contributed by atoms with Crippen LogP contribution in [-0.4, -0.2) is 9.97 Å². The van der Waals surface area contributed by atoms with Gasteiger partial charge < -0.3 is 5.73 Å². The van der Waals surface area contributed by atoms with Gasteiger partial charge in [0.2, 0.25) is 0 Å². The highest BCUT2D eigenvalue weighted by atomic mass is 14.8. The summed E-state index contributed by atoms with van der Waals surface area (Å²) in [4.78, 5) is 8.66. The lowest BCUT2D eigenvalue weighted by Crippen LogP contribution is -2.13. The van der Waals surface area contributed by atoms with Crippen LogP contribution >= 0.6 is 0 Å². The number of fused-ring (bicyclic) bond motifs is 1. The standard InChI is InChI=1S/C12H13N3/c13-11(8-4-5-8)9-2-1-3-10-12(9)15-7-6-14-10/h1-3,6-8,11H,4-5,13H2/t11-/m1/s1. The Kier molecular flexibility index (Phi) is 1.92. The van der Waals surface area contributed by atoms with Crippen LogP contribution < -0.4 is 5.73 Å². The van der Waals surface area contributed by atoms with Crippen molar-refractivity contribution in [2.75, 3.05) is 0 Å². The quantitative estimate of drug-likeness (QED) is 0.805. The van der Waals surface area contributed by atoms with Crippen LogP contribution in [0.25, 0.3) is 11.0 Å². The summed E-state index contributed by atoms with van der Waals surface area (Å²) in [7, 11) is 0. The van der Waals surface area contributed by atoms with E-state index in [9.17, 15) is 0 Å². The Morgan fingerprint density at radius 1 is 1.20 bits per heavy atom. The maximum Gasteiger partial charge on any atom is 0.0934 e. The van der Waals surface area contributed by atoms with Crippen molar-refractivity contribution in [3.63, 3.8) is 0 Å². The molecule has 3 rings (SSSR count). The lowest BCUT2D eigenvalue weighted by Gasteiger charge is -2.12. The SMILES string of the molecule is N[C@@H](c1cccc2nccnc12)C1CC1. The van der Waals surface area contributed by atoms with E-state index in [2.05, 4.69) is 16.0 Å². The third-order valence-corrected chi connectivity index (χ3v) is 3.02. The second-order valence-corrected chi connectivity index (χ2v) is 4.13. The number of aromatic nitrogens is 2. The van der Waals surface area contributed by atoms with Crippen LogP contribution in [0.5, 0.6) is 0 Å². The van der Waals surface area contributed by atoms with Gasteiger partial charge in [-0.2, -0.15) is 0 Å². The molecule has 1 aliphatic rings. The predicted octanol–water partition coefficient (Wildman–Crippen LogP) is 2.04. The highest BCUT2D eigenvalue weighted by Crippen LogP contribution is 2.40. The Morgan fingerprint density at radius 2 is 2.00 bits per heavy atom. The van der Waals surface area contributed by atoms with Crippen LogP contribution in [0.15, 0.2) is 30.6 Å². The summed E-state index contributed by atoms with van der Waals surface area (Å²) in [5.74, 6) is 0.651. The molecule has 1 aromatic heterocycles. The summed E-state index contributed by atoms with van der Waals surface area (Å²) < 4.78 is 0. The van der Waals surface area contributed by atoms with Crippen molar-refractivity contribution in [3.8, 4) is 0 Å². The Hall–Kier alpha value is -1.48. The first-order valence-electron chi connectivity index (χ1n) is 5.31. The highest BCUT2D eigenvalue weighted by Gasteiger charge is 2.30. The van der Waals surface area contributed by atoms with Crippen LogP contribution in [0.1, 0.15) is 24.4 Å². The number of nitrogens with two attached hydrogens (primary N) is 1. The molecule has 0 aliphatic heterocycles. The minimum absolute atomic E-state index is 0.130. The zero-order chi connectivity index (χ0) is 10.3. The Bertz CT molecular complexity index is 486. The van der Waals surface area contributed by atoms with Crippen LogP contribution in [0.4, 0.5) is 0 Å². The van der Waals surface area contributed by atoms with E-state index >= 15 is 0 Å². The highest BCUT2D eigenvalue weighted by molar-refractivity contribution is 5.78. The maximum atomic E-state index is 6.20. The van der Waals surface area contributed by atoms with Gasteiger partial charge in [-0.3, -0.25) is 9.97 Å². The molecule has 3 nitrogen and oxygen atoms in total. The van der Waals surface area contributed by atoms with Crippen molar-refractivity contribution in [1.82, 2.24) is 9.97 Å². The van der Waals surface area contributed by atoms with Crippen LogP contribution in [0, 0.1) is 5.92 Å². The molecule has 76 valence electrons.